The molecule has 2 heterocycles. The maximum absolute atomic E-state index is 13.1. The number of aliphatic hydroxyl groups excluding tert-OH is 1. The second kappa shape index (κ2) is 10.6. The van der Waals surface area contributed by atoms with E-state index in [1.165, 1.54) is 11.0 Å². The van der Waals surface area contributed by atoms with Crippen LogP contribution in [0.25, 0.3) is 0 Å². The Morgan fingerprint density at radius 3 is 2.33 bits per heavy atom. The lowest BCUT2D eigenvalue weighted by molar-refractivity contribution is -0.141. The zero-order chi connectivity index (χ0) is 24.0. The average molecular weight is 457 g/mol. The number of rotatable bonds is 8. The number of pyridine rings is 2. The van der Waals surface area contributed by atoms with Crippen LogP contribution < -0.4 is 0 Å². The summed E-state index contributed by atoms with van der Waals surface area (Å²) in [5.74, 6) is -0.163. The minimum absolute atomic E-state index is 0.0210. The lowest BCUT2D eigenvalue weighted by Gasteiger charge is -2.27. The van der Waals surface area contributed by atoms with Crippen LogP contribution in [-0.4, -0.2) is 32.4 Å². The number of carbonyl (C=O) groups excluding carboxylic acids is 1. The van der Waals surface area contributed by atoms with Crippen molar-refractivity contribution in [2.45, 2.75) is 45.0 Å². The normalized spacial score (nSPS) is 12.6. The van der Waals surface area contributed by atoms with Gasteiger partial charge in [0.2, 0.25) is 5.91 Å². The Morgan fingerprint density at radius 1 is 1.00 bits per heavy atom. The first kappa shape index (κ1) is 24.4. The Labute approximate surface area is 190 Å². The Morgan fingerprint density at radius 2 is 1.73 bits per heavy atom. The molecule has 33 heavy (non-hydrogen) atoms. The number of hydrogen-bond acceptors (Lipinski definition) is 4. The topological polar surface area (TPSA) is 66.3 Å². The molecule has 1 unspecified atom stereocenters. The molecule has 3 rings (SSSR count). The molecule has 1 atom stereocenters. The van der Waals surface area contributed by atoms with E-state index in [-0.39, 0.29) is 31.3 Å². The van der Waals surface area contributed by atoms with Crippen molar-refractivity contribution in [3.05, 3.63) is 95.1 Å². The molecule has 0 radical (unpaired) electrons. The van der Waals surface area contributed by atoms with Crippen LogP contribution in [0.2, 0.25) is 0 Å². The van der Waals surface area contributed by atoms with E-state index < -0.39 is 18.0 Å². The lowest BCUT2D eigenvalue weighted by atomic mass is 9.95. The minimum atomic E-state index is -4.54. The summed E-state index contributed by atoms with van der Waals surface area (Å²) in [6.07, 6.45) is -1.30. The van der Waals surface area contributed by atoms with Crippen LogP contribution in [0.3, 0.4) is 0 Å². The molecular weight excluding hydrogens is 431 g/mol. The van der Waals surface area contributed by atoms with Crippen molar-refractivity contribution in [2.75, 3.05) is 6.54 Å². The monoisotopic (exact) mass is 457 g/mol. The molecule has 3 aromatic rings. The van der Waals surface area contributed by atoms with E-state index in [4.69, 9.17) is 0 Å². The Kier molecular flexibility index (Phi) is 7.81. The second-order valence-electron chi connectivity index (χ2n) is 8.16. The molecule has 0 aliphatic carbocycles. The van der Waals surface area contributed by atoms with E-state index in [2.05, 4.69) is 9.97 Å². The predicted octanol–water partition coefficient (Wildman–Crippen LogP) is 4.92. The Bertz CT molecular complexity index is 1050. The van der Waals surface area contributed by atoms with E-state index in [0.717, 1.165) is 23.4 Å². The molecule has 0 aliphatic heterocycles. The van der Waals surface area contributed by atoms with Gasteiger partial charge in [0, 0.05) is 30.7 Å². The Balaban J connectivity index is 1.81. The van der Waals surface area contributed by atoms with Gasteiger partial charge in [-0.1, -0.05) is 50.2 Å². The smallest absolute Gasteiger partial charge is 0.386 e. The maximum Gasteiger partial charge on any atom is 0.433 e. The zero-order valence-corrected chi connectivity index (χ0v) is 18.5. The fourth-order valence-electron chi connectivity index (χ4n) is 3.57. The van der Waals surface area contributed by atoms with Gasteiger partial charge in [-0.2, -0.15) is 13.2 Å². The first-order valence-electron chi connectivity index (χ1n) is 10.6. The summed E-state index contributed by atoms with van der Waals surface area (Å²) in [4.78, 5) is 22.2. The van der Waals surface area contributed by atoms with Gasteiger partial charge in [-0.25, -0.2) is 0 Å². The van der Waals surface area contributed by atoms with Gasteiger partial charge < -0.3 is 10.0 Å². The third-order valence-electron chi connectivity index (χ3n) is 5.30. The number of benzene rings is 1. The van der Waals surface area contributed by atoms with E-state index in [1.807, 2.05) is 50.2 Å². The van der Waals surface area contributed by atoms with E-state index >= 15 is 0 Å². The van der Waals surface area contributed by atoms with Crippen LogP contribution in [0.1, 0.15) is 53.8 Å². The minimum Gasteiger partial charge on any atom is -0.386 e. The molecule has 0 spiro atoms. The van der Waals surface area contributed by atoms with Crippen molar-refractivity contribution in [1.82, 2.24) is 14.9 Å². The zero-order valence-electron chi connectivity index (χ0n) is 18.5. The van der Waals surface area contributed by atoms with Crippen molar-refractivity contribution in [3.8, 4) is 0 Å². The number of hydrogen-bond donors (Lipinski definition) is 1. The van der Waals surface area contributed by atoms with Gasteiger partial charge in [0.15, 0.2) is 0 Å². The highest BCUT2D eigenvalue weighted by Gasteiger charge is 2.32. The summed E-state index contributed by atoms with van der Waals surface area (Å²) in [6, 6.07) is 13.3. The van der Waals surface area contributed by atoms with Crippen LogP contribution in [0.5, 0.6) is 0 Å². The van der Waals surface area contributed by atoms with Gasteiger partial charge in [0.05, 0.1) is 19.1 Å². The largest absolute Gasteiger partial charge is 0.433 e. The molecule has 0 saturated carbocycles. The van der Waals surface area contributed by atoms with E-state index in [1.54, 1.807) is 12.4 Å². The van der Waals surface area contributed by atoms with Gasteiger partial charge in [-0.05, 0) is 34.7 Å². The molecule has 1 N–H and O–H groups in total. The predicted molar refractivity (Wildman–Crippen MR) is 118 cm³/mol. The van der Waals surface area contributed by atoms with Crippen molar-refractivity contribution in [1.29, 1.82) is 0 Å². The molecule has 2 aromatic heterocycles. The molecule has 0 bridgehead atoms. The van der Waals surface area contributed by atoms with Gasteiger partial charge in [-0.3, -0.25) is 14.8 Å². The third-order valence-corrected chi connectivity index (χ3v) is 5.30. The number of aliphatic hydroxyl groups is 1. The number of halogens is 3. The second-order valence-corrected chi connectivity index (χ2v) is 8.16. The summed E-state index contributed by atoms with van der Waals surface area (Å²) < 4.78 is 38.3. The summed E-state index contributed by atoms with van der Waals surface area (Å²) >= 11 is 0. The maximum atomic E-state index is 13.1. The number of nitrogens with zero attached hydrogens (tertiary/aromatic N) is 3. The van der Waals surface area contributed by atoms with Crippen LogP contribution in [0.4, 0.5) is 13.2 Å². The van der Waals surface area contributed by atoms with Gasteiger partial charge in [0.25, 0.3) is 0 Å². The first-order valence-corrected chi connectivity index (χ1v) is 10.6. The van der Waals surface area contributed by atoms with Crippen LogP contribution in [-0.2, 0) is 23.9 Å². The quantitative estimate of drug-likeness (QED) is 0.521. The highest BCUT2D eigenvalue weighted by molar-refractivity contribution is 5.78. The molecule has 0 fully saturated rings. The van der Waals surface area contributed by atoms with E-state index in [9.17, 15) is 23.1 Å². The number of amides is 1. The van der Waals surface area contributed by atoms with E-state index in [0.29, 0.717) is 11.1 Å². The molecule has 0 aliphatic rings. The third kappa shape index (κ3) is 6.61. The highest BCUT2D eigenvalue weighted by Crippen LogP contribution is 2.28. The lowest BCUT2D eigenvalue weighted by Crippen LogP contribution is -2.35. The number of alkyl halides is 3. The van der Waals surface area contributed by atoms with Crippen LogP contribution in [0, 0.1) is 0 Å². The SMILES string of the molecule is CC(C)c1ccncc1C(O)CN(Cc1ccccc1)C(=O)Cc1ccc(C(F)(F)F)nc1. The number of aromatic nitrogens is 2. The standard InChI is InChI=1S/C25H26F3N3O2/c1-17(2)20-10-11-29-14-21(20)22(32)16-31(15-18-6-4-3-5-7-18)24(33)12-19-8-9-23(30-13-19)25(26,27)28/h3-11,13-14,17,22,32H,12,15-16H2,1-2H3. The summed E-state index contributed by atoms with van der Waals surface area (Å²) in [6.45, 7) is 4.29. The fourth-order valence-corrected chi connectivity index (χ4v) is 3.57. The fraction of sp³-hybridized carbons (Fsp3) is 0.320. The molecule has 1 amide bonds. The molecule has 174 valence electrons. The average Bonchev–Trinajstić information content (AvgIpc) is 2.79. The van der Waals surface area contributed by atoms with Crippen molar-refractivity contribution in [2.24, 2.45) is 0 Å². The van der Waals surface area contributed by atoms with Crippen LogP contribution >= 0.6 is 0 Å². The van der Waals surface area contributed by atoms with Gasteiger partial charge in [0.1, 0.15) is 5.69 Å². The van der Waals surface area contributed by atoms with Crippen molar-refractivity contribution in [3.63, 3.8) is 0 Å². The highest BCUT2D eigenvalue weighted by atomic mass is 19.4. The van der Waals surface area contributed by atoms with Crippen molar-refractivity contribution >= 4 is 5.91 Å². The molecule has 5 nitrogen and oxygen atoms in total. The summed E-state index contributed by atoms with van der Waals surface area (Å²) in [5, 5.41) is 11.0. The molecule has 0 saturated heterocycles. The van der Waals surface area contributed by atoms with Gasteiger partial charge >= 0.3 is 6.18 Å². The summed E-state index contributed by atoms with van der Waals surface area (Å²) in [7, 11) is 0. The van der Waals surface area contributed by atoms with Gasteiger partial charge in [-0.15, -0.1) is 0 Å². The molecular formula is C25H26F3N3O2. The summed E-state index contributed by atoms with van der Waals surface area (Å²) in [5.41, 5.74) is 1.82. The van der Waals surface area contributed by atoms with Crippen LogP contribution in [0.15, 0.2) is 67.1 Å². The molecule has 1 aromatic carbocycles. The number of carbonyl (C=O) groups is 1. The van der Waals surface area contributed by atoms with Crippen molar-refractivity contribution < 1.29 is 23.1 Å². The Hall–Kier alpha value is -3.26. The first-order chi connectivity index (χ1) is 15.6. The molecule has 8 heteroatoms.